The number of rotatable bonds is 10. The minimum absolute atomic E-state index is 0.631. The van der Waals surface area contributed by atoms with Crippen LogP contribution < -0.4 is 5.73 Å². The van der Waals surface area contributed by atoms with Crippen LogP contribution in [0.15, 0.2) is 27.6 Å². The van der Waals surface area contributed by atoms with Gasteiger partial charge in [-0.2, -0.15) is 0 Å². The summed E-state index contributed by atoms with van der Waals surface area (Å²) in [6.07, 6.45) is 10.1. The van der Waals surface area contributed by atoms with Gasteiger partial charge in [0.25, 0.3) is 0 Å². The molecule has 0 radical (unpaired) electrons. The second-order valence-electron chi connectivity index (χ2n) is 5.21. The van der Waals surface area contributed by atoms with Crippen LogP contribution in [0.1, 0.15) is 58.3 Å². The standard InChI is InChI=1S/C16H26BrNOS/c1-2-3-4-5-6-7-8-9-12-20(19)16-13-14(17)10-11-15(16)18/h10-11,13H,2-9,12,18H2,1H3. The zero-order valence-corrected chi connectivity index (χ0v) is 14.8. The molecule has 2 N–H and O–H groups in total. The highest BCUT2D eigenvalue weighted by Gasteiger charge is 2.08. The molecule has 2 nitrogen and oxygen atoms in total. The molecule has 4 heteroatoms. The highest BCUT2D eigenvalue weighted by atomic mass is 79.9. The van der Waals surface area contributed by atoms with E-state index in [9.17, 15) is 4.21 Å². The van der Waals surface area contributed by atoms with E-state index in [0.717, 1.165) is 21.5 Å². The van der Waals surface area contributed by atoms with E-state index in [1.807, 2.05) is 18.2 Å². The Morgan fingerprint density at radius 1 is 1.05 bits per heavy atom. The highest BCUT2D eigenvalue weighted by molar-refractivity contribution is 9.10. The molecule has 0 aliphatic carbocycles. The van der Waals surface area contributed by atoms with Crippen LogP contribution in [0.25, 0.3) is 0 Å². The lowest BCUT2D eigenvalue weighted by Crippen LogP contribution is -2.02. The molecule has 0 saturated carbocycles. The van der Waals surface area contributed by atoms with Crippen LogP contribution in [0, 0.1) is 0 Å². The summed E-state index contributed by atoms with van der Waals surface area (Å²) in [7, 11) is -0.970. The first-order valence-electron chi connectivity index (χ1n) is 7.58. The van der Waals surface area contributed by atoms with Gasteiger partial charge in [0.1, 0.15) is 0 Å². The molecule has 114 valence electrons. The van der Waals surface area contributed by atoms with Crippen LogP contribution in [0.5, 0.6) is 0 Å². The molecule has 0 bridgehead atoms. The molecular weight excluding hydrogens is 334 g/mol. The van der Waals surface area contributed by atoms with Crippen LogP contribution in [-0.2, 0) is 10.8 Å². The Labute approximate surface area is 134 Å². The maximum Gasteiger partial charge on any atom is 0.0628 e. The van der Waals surface area contributed by atoms with Crippen molar-refractivity contribution in [2.45, 2.75) is 63.2 Å². The minimum Gasteiger partial charge on any atom is -0.398 e. The van der Waals surface area contributed by atoms with Gasteiger partial charge >= 0.3 is 0 Å². The fraction of sp³-hybridized carbons (Fsp3) is 0.625. The van der Waals surface area contributed by atoms with Gasteiger partial charge in [-0.25, -0.2) is 0 Å². The molecule has 1 aromatic rings. The Bertz CT molecular complexity index is 423. The Hall–Kier alpha value is -0.350. The van der Waals surface area contributed by atoms with Gasteiger partial charge in [-0.15, -0.1) is 0 Å². The fourth-order valence-electron chi connectivity index (χ4n) is 2.18. The second kappa shape index (κ2) is 10.4. The van der Waals surface area contributed by atoms with Crippen molar-refractivity contribution < 1.29 is 4.21 Å². The van der Waals surface area contributed by atoms with Crippen LogP contribution in [0.4, 0.5) is 5.69 Å². The molecule has 0 saturated heterocycles. The maximum absolute atomic E-state index is 12.2. The van der Waals surface area contributed by atoms with E-state index >= 15 is 0 Å². The smallest absolute Gasteiger partial charge is 0.0628 e. The third-order valence-corrected chi connectivity index (χ3v) is 5.40. The number of nitrogen functional groups attached to an aromatic ring is 1. The van der Waals surface area contributed by atoms with Crippen LogP contribution in [0.3, 0.4) is 0 Å². The molecule has 20 heavy (non-hydrogen) atoms. The van der Waals surface area contributed by atoms with Crippen molar-refractivity contribution in [3.63, 3.8) is 0 Å². The van der Waals surface area contributed by atoms with Crippen LogP contribution in [0.2, 0.25) is 0 Å². The average Bonchev–Trinajstić information content (AvgIpc) is 2.44. The summed E-state index contributed by atoms with van der Waals surface area (Å²) < 4.78 is 13.1. The molecule has 0 aromatic heterocycles. The van der Waals surface area contributed by atoms with Gasteiger partial charge in [0.15, 0.2) is 0 Å². The molecule has 1 aromatic carbocycles. The number of nitrogens with two attached hydrogens (primary N) is 1. The Morgan fingerprint density at radius 3 is 2.30 bits per heavy atom. The van der Waals surface area contributed by atoms with Gasteiger partial charge in [-0.3, -0.25) is 4.21 Å². The SMILES string of the molecule is CCCCCCCCCCS(=O)c1cc(Br)ccc1N. The molecule has 1 atom stereocenters. The normalized spacial score (nSPS) is 12.5. The zero-order valence-electron chi connectivity index (χ0n) is 12.4. The summed E-state index contributed by atoms with van der Waals surface area (Å²) in [6.45, 7) is 2.24. The molecule has 0 spiro atoms. The molecular formula is C16H26BrNOS. The molecule has 1 rings (SSSR count). The first kappa shape index (κ1) is 17.7. The largest absolute Gasteiger partial charge is 0.398 e. The molecule has 0 fully saturated rings. The predicted molar refractivity (Wildman–Crippen MR) is 92.4 cm³/mol. The van der Waals surface area contributed by atoms with Crippen molar-refractivity contribution in [1.29, 1.82) is 0 Å². The highest BCUT2D eigenvalue weighted by Crippen LogP contribution is 2.22. The van der Waals surface area contributed by atoms with E-state index in [4.69, 9.17) is 5.73 Å². The van der Waals surface area contributed by atoms with E-state index in [0.29, 0.717) is 5.69 Å². The number of halogens is 1. The van der Waals surface area contributed by atoms with E-state index in [2.05, 4.69) is 22.9 Å². The van der Waals surface area contributed by atoms with Crippen molar-refractivity contribution in [2.24, 2.45) is 0 Å². The van der Waals surface area contributed by atoms with Crippen molar-refractivity contribution in [2.75, 3.05) is 11.5 Å². The van der Waals surface area contributed by atoms with Crippen molar-refractivity contribution in [3.8, 4) is 0 Å². The lowest BCUT2D eigenvalue weighted by molar-refractivity contribution is 0.584. The van der Waals surface area contributed by atoms with E-state index < -0.39 is 10.8 Å². The number of benzene rings is 1. The van der Waals surface area contributed by atoms with E-state index in [1.54, 1.807) is 0 Å². The van der Waals surface area contributed by atoms with Gasteiger partial charge in [-0.05, 0) is 24.6 Å². The van der Waals surface area contributed by atoms with Crippen LogP contribution >= 0.6 is 15.9 Å². The number of unbranched alkanes of at least 4 members (excludes halogenated alkanes) is 7. The van der Waals surface area contributed by atoms with Gasteiger partial charge in [-0.1, -0.05) is 67.8 Å². The van der Waals surface area contributed by atoms with Crippen LogP contribution in [-0.4, -0.2) is 9.96 Å². The maximum atomic E-state index is 12.2. The van der Waals surface area contributed by atoms with Gasteiger partial charge in [0.2, 0.25) is 0 Å². The summed E-state index contributed by atoms with van der Waals surface area (Å²) >= 11 is 3.40. The Balaban J connectivity index is 2.18. The summed E-state index contributed by atoms with van der Waals surface area (Å²) in [5, 5.41) is 0. The Morgan fingerprint density at radius 2 is 1.65 bits per heavy atom. The van der Waals surface area contributed by atoms with Gasteiger partial charge < -0.3 is 5.73 Å². The average molecular weight is 360 g/mol. The summed E-state index contributed by atoms with van der Waals surface area (Å²) in [5.74, 6) is 0.718. The molecule has 0 aliphatic rings. The first-order chi connectivity index (χ1) is 9.65. The molecule has 0 heterocycles. The number of hydrogen-bond donors (Lipinski definition) is 1. The number of hydrogen-bond acceptors (Lipinski definition) is 2. The predicted octanol–water partition coefficient (Wildman–Crippen LogP) is 5.28. The lowest BCUT2D eigenvalue weighted by Gasteiger charge is -2.06. The monoisotopic (exact) mass is 359 g/mol. The summed E-state index contributed by atoms with van der Waals surface area (Å²) in [5.41, 5.74) is 6.51. The zero-order chi connectivity index (χ0) is 14.8. The third kappa shape index (κ3) is 6.89. The topological polar surface area (TPSA) is 43.1 Å². The Kier molecular flexibility index (Phi) is 9.19. The lowest BCUT2D eigenvalue weighted by atomic mass is 10.1. The molecule has 0 amide bonds. The van der Waals surface area contributed by atoms with Crippen molar-refractivity contribution in [3.05, 3.63) is 22.7 Å². The van der Waals surface area contributed by atoms with Gasteiger partial charge in [0, 0.05) is 15.9 Å². The summed E-state index contributed by atoms with van der Waals surface area (Å²) in [4.78, 5) is 0.766. The fourth-order valence-corrected chi connectivity index (χ4v) is 3.97. The van der Waals surface area contributed by atoms with Crippen molar-refractivity contribution in [1.82, 2.24) is 0 Å². The molecule has 0 aliphatic heterocycles. The summed E-state index contributed by atoms with van der Waals surface area (Å²) in [6, 6.07) is 5.56. The van der Waals surface area contributed by atoms with Gasteiger partial charge in [0.05, 0.1) is 15.7 Å². The minimum atomic E-state index is -0.970. The second-order valence-corrected chi connectivity index (χ2v) is 7.66. The third-order valence-electron chi connectivity index (χ3n) is 3.40. The van der Waals surface area contributed by atoms with Crippen molar-refractivity contribution >= 4 is 32.4 Å². The quantitative estimate of drug-likeness (QED) is 0.456. The number of anilines is 1. The first-order valence-corrected chi connectivity index (χ1v) is 9.69. The van der Waals surface area contributed by atoms with E-state index in [1.165, 1.54) is 44.9 Å². The molecule has 1 unspecified atom stereocenters. The van der Waals surface area contributed by atoms with E-state index in [-0.39, 0.29) is 0 Å².